The highest BCUT2D eigenvalue weighted by Gasteiger charge is 2.34. The first-order valence-corrected chi connectivity index (χ1v) is 8.16. The second-order valence-electron chi connectivity index (χ2n) is 6.88. The van der Waals surface area contributed by atoms with E-state index in [1.165, 1.54) is 0 Å². The molecular weight excluding hydrogens is 328 g/mol. The summed E-state index contributed by atoms with van der Waals surface area (Å²) in [4.78, 5) is 33.2. The molecule has 0 aromatic carbocycles. The van der Waals surface area contributed by atoms with Crippen LogP contribution in [0, 0.1) is 11.3 Å². The number of carbonyl (C=O) groups is 3. The molecule has 0 saturated carbocycles. The van der Waals surface area contributed by atoms with Gasteiger partial charge < -0.3 is 25.7 Å². The lowest BCUT2D eigenvalue weighted by Gasteiger charge is -2.35. The van der Waals surface area contributed by atoms with Crippen molar-refractivity contribution in [2.24, 2.45) is 22.8 Å². The standard InChI is InChI=1S/C17H30N2O6/c1-11(2)14(20)23-9-7-13(25-16(19)22)17(4,5)10-12(3)6-8-24-15(18)21/h12-13H,1,6-10H2,2-5H3,(H2,18,21)(H2,19,22). The van der Waals surface area contributed by atoms with Gasteiger partial charge in [-0.3, -0.25) is 0 Å². The molecule has 0 bridgehead atoms. The van der Waals surface area contributed by atoms with Crippen molar-refractivity contribution in [3.8, 4) is 0 Å². The molecule has 0 heterocycles. The Morgan fingerprint density at radius 3 is 2.08 bits per heavy atom. The van der Waals surface area contributed by atoms with E-state index in [0.29, 0.717) is 24.8 Å². The third-order valence-corrected chi connectivity index (χ3v) is 3.82. The average Bonchev–Trinajstić information content (AvgIpc) is 2.44. The maximum atomic E-state index is 11.4. The predicted molar refractivity (Wildman–Crippen MR) is 92.6 cm³/mol. The molecule has 144 valence electrons. The maximum absolute atomic E-state index is 11.4. The summed E-state index contributed by atoms with van der Waals surface area (Å²) in [5.41, 5.74) is 9.97. The molecule has 2 amide bonds. The van der Waals surface area contributed by atoms with Gasteiger partial charge in [-0.25, -0.2) is 14.4 Å². The number of amides is 2. The van der Waals surface area contributed by atoms with Crippen LogP contribution in [-0.2, 0) is 19.0 Å². The first-order valence-electron chi connectivity index (χ1n) is 8.16. The molecule has 0 rings (SSSR count). The second-order valence-corrected chi connectivity index (χ2v) is 6.88. The van der Waals surface area contributed by atoms with Gasteiger partial charge in [0.05, 0.1) is 13.2 Å². The van der Waals surface area contributed by atoms with Gasteiger partial charge in [0.15, 0.2) is 0 Å². The Bertz CT molecular complexity index is 490. The van der Waals surface area contributed by atoms with Crippen LogP contribution in [0.1, 0.15) is 47.0 Å². The smallest absolute Gasteiger partial charge is 0.404 e. The van der Waals surface area contributed by atoms with Crippen molar-refractivity contribution < 1.29 is 28.6 Å². The molecule has 0 saturated heterocycles. The lowest BCUT2D eigenvalue weighted by atomic mass is 9.76. The first-order chi connectivity index (χ1) is 11.5. The largest absolute Gasteiger partial charge is 0.462 e. The van der Waals surface area contributed by atoms with Crippen LogP contribution >= 0.6 is 0 Å². The summed E-state index contributed by atoms with van der Waals surface area (Å²) in [6.07, 6.45) is -0.585. The minimum Gasteiger partial charge on any atom is -0.462 e. The number of ether oxygens (including phenoxy) is 3. The maximum Gasteiger partial charge on any atom is 0.404 e. The van der Waals surface area contributed by atoms with Gasteiger partial charge in [0.25, 0.3) is 0 Å². The van der Waals surface area contributed by atoms with Crippen LogP contribution in [0.5, 0.6) is 0 Å². The molecule has 0 aromatic heterocycles. The number of carbonyl (C=O) groups excluding carboxylic acids is 3. The molecule has 0 aromatic rings. The molecule has 8 heteroatoms. The second kappa shape index (κ2) is 10.6. The first kappa shape index (κ1) is 22.8. The Morgan fingerprint density at radius 2 is 1.60 bits per heavy atom. The SMILES string of the molecule is C=C(C)C(=O)OCCC(OC(N)=O)C(C)(C)CC(C)CCOC(N)=O. The summed E-state index contributed by atoms with van der Waals surface area (Å²) in [7, 11) is 0. The number of rotatable bonds is 11. The zero-order chi connectivity index (χ0) is 19.6. The Kier molecular flexibility index (Phi) is 9.63. The third-order valence-electron chi connectivity index (χ3n) is 3.82. The predicted octanol–water partition coefficient (Wildman–Crippen LogP) is 2.50. The molecule has 0 radical (unpaired) electrons. The van der Waals surface area contributed by atoms with Crippen molar-refractivity contribution in [3.05, 3.63) is 12.2 Å². The zero-order valence-electron chi connectivity index (χ0n) is 15.5. The van der Waals surface area contributed by atoms with E-state index in [0.717, 1.165) is 0 Å². The van der Waals surface area contributed by atoms with Crippen molar-refractivity contribution >= 4 is 18.2 Å². The van der Waals surface area contributed by atoms with Gasteiger partial charge >= 0.3 is 18.2 Å². The van der Waals surface area contributed by atoms with Gasteiger partial charge in [-0.05, 0) is 25.7 Å². The molecular formula is C17H30N2O6. The fourth-order valence-electron chi connectivity index (χ4n) is 2.62. The summed E-state index contributed by atoms with van der Waals surface area (Å²) < 4.78 is 15.0. The van der Waals surface area contributed by atoms with E-state index in [-0.39, 0.29) is 19.1 Å². The lowest BCUT2D eigenvalue weighted by Crippen LogP contribution is -2.38. The van der Waals surface area contributed by atoms with Crippen LogP contribution in [0.3, 0.4) is 0 Å². The van der Waals surface area contributed by atoms with E-state index in [1.807, 2.05) is 20.8 Å². The van der Waals surface area contributed by atoms with Gasteiger partial charge in [-0.1, -0.05) is 27.4 Å². The van der Waals surface area contributed by atoms with Crippen LogP contribution < -0.4 is 11.5 Å². The highest BCUT2D eigenvalue weighted by molar-refractivity contribution is 5.86. The van der Waals surface area contributed by atoms with E-state index in [9.17, 15) is 14.4 Å². The molecule has 0 aliphatic rings. The lowest BCUT2D eigenvalue weighted by molar-refractivity contribution is -0.140. The van der Waals surface area contributed by atoms with Crippen LogP contribution in [-0.4, -0.2) is 37.5 Å². The summed E-state index contributed by atoms with van der Waals surface area (Å²) in [5.74, 6) is -0.307. The minimum absolute atomic E-state index is 0.0895. The number of esters is 1. The summed E-state index contributed by atoms with van der Waals surface area (Å²) >= 11 is 0. The molecule has 0 spiro atoms. The summed E-state index contributed by atoms with van der Waals surface area (Å²) in [6.45, 7) is 11.2. The fraction of sp³-hybridized carbons (Fsp3) is 0.706. The zero-order valence-corrected chi connectivity index (χ0v) is 15.5. The van der Waals surface area contributed by atoms with E-state index in [4.69, 9.17) is 25.7 Å². The van der Waals surface area contributed by atoms with Crippen molar-refractivity contribution in [2.75, 3.05) is 13.2 Å². The molecule has 4 N–H and O–H groups in total. The molecule has 2 unspecified atom stereocenters. The van der Waals surface area contributed by atoms with E-state index < -0.39 is 29.7 Å². The van der Waals surface area contributed by atoms with Gasteiger partial charge in [0.1, 0.15) is 6.10 Å². The van der Waals surface area contributed by atoms with Crippen LogP contribution in [0.25, 0.3) is 0 Å². The molecule has 25 heavy (non-hydrogen) atoms. The molecule has 8 nitrogen and oxygen atoms in total. The molecule has 0 fully saturated rings. The van der Waals surface area contributed by atoms with Crippen LogP contribution in [0.4, 0.5) is 9.59 Å². The van der Waals surface area contributed by atoms with E-state index in [2.05, 4.69) is 6.58 Å². The van der Waals surface area contributed by atoms with Crippen LogP contribution in [0.2, 0.25) is 0 Å². The number of nitrogens with two attached hydrogens (primary N) is 2. The van der Waals surface area contributed by atoms with Gasteiger partial charge in [0.2, 0.25) is 0 Å². The number of hydrogen-bond acceptors (Lipinski definition) is 6. The van der Waals surface area contributed by atoms with Crippen LogP contribution in [0.15, 0.2) is 12.2 Å². The molecule has 0 aliphatic heterocycles. The molecule has 0 aliphatic carbocycles. The number of primary amides is 2. The van der Waals surface area contributed by atoms with E-state index in [1.54, 1.807) is 6.92 Å². The minimum atomic E-state index is -0.881. The van der Waals surface area contributed by atoms with Crippen molar-refractivity contribution in [2.45, 2.75) is 53.1 Å². The number of hydrogen-bond donors (Lipinski definition) is 2. The summed E-state index contributed by atoms with van der Waals surface area (Å²) in [6, 6.07) is 0. The van der Waals surface area contributed by atoms with Crippen molar-refractivity contribution in [1.82, 2.24) is 0 Å². The molecule has 2 atom stereocenters. The van der Waals surface area contributed by atoms with Gasteiger partial charge in [0, 0.05) is 17.4 Å². The van der Waals surface area contributed by atoms with Gasteiger partial charge in [-0.2, -0.15) is 0 Å². The Morgan fingerprint density at radius 1 is 1.04 bits per heavy atom. The topological polar surface area (TPSA) is 131 Å². The third kappa shape index (κ3) is 10.3. The van der Waals surface area contributed by atoms with Crippen molar-refractivity contribution in [3.63, 3.8) is 0 Å². The Hall–Kier alpha value is -2.25. The average molecular weight is 358 g/mol. The highest BCUT2D eigenvalue weighted by atomic mass is 16.6. The van der Waals surface area contributed by atoms with E-state index >= 15 is 0 Å². The monoisotopic (exact) mass is 358 g/mol. The van der Waals surface area contributed by atoms with Crippen molar-refractivity contribution in [1.29, 1.82) is 0 Å². The highest BCUT2D eigenvalue weighted by Crippen LogP contribution is 2.34. The quantitative estimate of drug-likeness (QED) is 0.331. The Balaban J connectivity index is 4.68. The van der Waals surface area contributed by atoms with Gasteiger partial charge in [-0.15, -0.1) is 0 Å². The summed E-state index contributed by atoms with van der Waals surface area (Å²) in [5, 5.41) is 0. The fourth-order valence-corrected chi connectivity index (χ4v) is 2.62. The Labute approximate surface area is 148 Å². The normalized spacial score (nSPS) is 13.4.